The minimum atomic E-state index is -0.858. The van der Waals surface area contributed by atoms with E-state index in [9.17, 15) is 9.59 Å². The van der Waals surface area contributed by atoms with Gasteiger partial charge in [-0.2, -0.15) is 0 Å². The largest absolute Gasteiger partial charge is 0.465 e. The van der Waals surface area contributed by atoms with Gasteiger partial charge in [0, 0.05) is 22.9 Å². The maximum atomic E-state index is 11.1. The molecular formula is C10H12Cl2O4. The standard InChI is InChI=1S/C10H12Cl2O4/c1-10(2)5(7(10)16-9(12)14)4-6(11)8(13)15-3/h4-5,7H,1-3H3. The second-order valence-electron chi connectivity index (χ2n) is 4.13. The molecule has 1 fully saturated rings. The van der Waals surface area contributed by atoms with Crippen LogP contribution in [0.2, 0.25) is 0 Å². The van der Waals surface area contributed by atoms with Gasteiger partial charge < -0.3 is 9.47 Å². The van der Waals surface area contributed by atoms with E-state index in [0.29, 0.717) is 0 Å². The summed E-state index contributed by atoms with van der Waals surface area (Å²) >= 11 is 10.8. The van der Waals surface area contributed by atoms with Crippen molar-refractivity contribution in [3.05, 3.63) is 11.1 Å². The number of rotatable bonds is 3. The molecule has 1 rings (SSSR count). The molecule has 0 N–H and O–H groups in total. The zero-order valence-electron chi connectivity index (χ0n) is 9.12. The molecule has 0 saturated heterocycles. The molecular weight excluding hydrogens is 255 g/mol. The summed E-state index contributed by atoms with van der Waals surface area (Å²) in [5.74, 6) is -0.734. The molecule has 0 bridgehead atoms. The van der Waals surface area contributed by atoms with Gasteiger partial charge in [-0.05, 0) is 0 Å². The summed E-state index contributed by atoms with van der Waals surface area (Å²) in [6.07, 6.45) is 1.17. The number of carbonyl (C=O) groups excluding carboxylic acids is 2. The number of esters is 1. The first-order chi connectivity index (χ1) is 7.30. The first kappa shape index (κ1) is 13.3. The Balaban J connectivity index is 2.70. The smallest absolute Gasteiger partial charge is 0.404 e. The van der Waals surface area contributed by atoms with Gasteiger partial charge in [0.05, 0.1) is 7.11 Å². The third-order valence-electron chi connectivity index (χ3n) is 2.74. The fourth-order valence-corrected chi connectivity index (χ4v) is 1.89. The highest BCUT2D eigenvalue weighted by molar-refractivity contribution is 6.61. The Hall–Kier alpha value is -0.740. The van der Waals surface area contributed by atoms with Gasteiger partial charge in [0.1, 0.15) is 11.1 Å². The molecule has 0 amide bonds. The Morgan fingerprint density at radius 2 is 1.88 bits per heavy atom. The molecule has 1 aliphatic rings. The normalized spacial score (nSPS) is 27.2. The second kappa shape index (κ2) is 4.63. The van der Waals surface area contributed by atoms with Crippen LogP contribution < -0.4 is 0 Å². The number of halogens is 2. The van der Waals surface area contributed by atoms with Crippen LogP contribution in [-0.4, -0.2) is 24.6 Å². The van der Waals surface area contributed by atoms with Crippen LogP contribution in [0, 0.1) is 11.3 Å². The lowest BCUT2D eigenvalue weighted by Gasteiger charge is -1.99. The Bertz CT molecular complexity index is 349. The molecule has 0 aromatic rings. The van der Waals surface area contributed by atoms with Crippen molar-refractivity contribution in [2.45, 2.75) is 20.0 Å². The van der Waals surface area contributed by atoms with Crippen molar-refractivity contribution in [3.8, 4) is 0 Å². The predicted molar refractivity (Wildman–Crippen MR) is 59.3 cm³/mol. The molecule has 0 spiro atoms. The summed E-state index contributed by atoms with van der Waals surface area (Å²) < 4.78 is 9.33. The third kappa shape index (κ3) is 2.68. The van der Waals surface area contributed by atoms with Gasteiger partial charge in [-0.3, -0.25) is 0 Å². The predicted octanol–water partition coefficient (Wildman–Crippen LogP) is 2.68. The van der Waals surface area contributed by atoms with Gasteiger partial charge in [0.2, 0.25) is 0 Å². The third-order valence-corrected chi connectivity index (χ3v) is 3.10. The quantitative estimate of drug-likeness (QED) is 0.448. The first-order valence-electron chi connectivity index (χ1n) is 4.62. The van der Waals surface area contributed by atoms with Gasteiger partial charge in [-0.1, -0.05) is 31.5 Å². The maximum Gasteiger partial charge on any atom is 0.404 e. The Kier molecular flexibility index (Phi) is 3.86. The van der Waals surface area contributed by atoms with E-state index >= 15 is 0 Å². The van der Waals surface area contributed by atoms with E-state index in [1.165, 1.54) is 13.2 Å². The van der Waals surface area contributed by atoms with Gasteiger partial charge in [-0.15, -0.1) is 0 Å². The molecule has 16 heavy (non-hydrogen) atoms. The number of methoxy groups -OCH3 is 1. The summed E-state index contributed by atoms with van der Waals surface area (Å²) in [5, 5.41) is -0.0197. The van der Waals surface area contributed by atoms with Crippen molar-refractivity contribution in [2.24, 2.45) is 11.3 Å². The summed E-state index contributed by atoms with van der Waals surface area (Å²) in [4.78, 5) is 21.7. The molecule has 0 aromatic heterocycles. The van der Waals surface area contributed by atoms with Crippen LogP contribution in [0.25, 0.3) is 0 Å². The van der Waals surface area contributed by atoms with Crippen molar-refractivity contribution in [1.29, 1.82) is 0 Å². The fourth-order valence-electron chi connectivity index (χ4n) is 1.58. The molecule has 2 unspecified atom stereocenters. The fraction of sp³-hybridized carbons (Fsp3) is 0.600. The zero-order valence-corrected chi connectivity index (χ0v) is 10.6. The Labute approximate surface area is 103 Å². The van der Waals surface area contributed by atoms with Crippen LogP contribution in [0.1, 0.15) is 13.8 Å². The van der Waals surface area contributed by atoms with Gasteiger partial charge in [0.25, 0.3) is 0 Å². The molecule has 0 aliphatic heterocycles. The van der Waals surface area contributed by atoms with Crippen molar-refractivity contribution >= 4 is 34.6 Å². The molecule has 4 nitrogen and oxygen atoms in total. The molecule has 90 valence electrons. The lowest BCUT2D eigenvalue weighted by atomic mass is 10.1. The average molecular weight is 267 g/mol. The number of carbonyl (C=O) groups is 2. The van der Waals surface area contributed by atoms with Crippen LogP contribution in [0.3, 0.4) is 0 Å². The lowest BCUT2D eigenvalue weighted by molar-refractivity contribution is -0.135. The first-order valence-corrected chi connectivity index (χ1v) is 5.38. The monoisotopic (exact) mass is 266 g/mol. The van der Waals surface area contributed by atoms with Gasteiger partial charge in [-0.25, -0.2) is 9.59 Å². The van der Waals surface area contributed by atoms with E-state index < -0.39 is 11.4 Å². The van der Waals surface area contributed by atoms with E-state index in [-0.39, 0.29) is 22.5 Å². The van der Waals surface area contributed by atoms with Gasteiger partial charge in [0.15, 0.2) is 0 Å². The van der Waals surface area contributed by atoms with E-state index in [2.05, 4.69) is 4.74 Å². The minimum absolute atomic E-state index is 0.0197. The topological polar surface area (TPSA) is 52.6 Å². The van der Waals surface area contributed by atoms with E-state index in [1.54, 1.807) is 0 Å². The molecule has 1 saturated carbocycles. The average Bonchev–Trinajstić information content (AvgIpc) is 2.67. The number of ether oxygens (including phenoxy) is 2. The van der Waals surface area contributed by atoms with Crippen molar-refractivity contribution in [3.63, 3.8) is 0 Å². The minimum Gasteiger partial charge on any atom is -0.465 e. The highest BCUT2D eigenvalue weighted by Gasteiger charge is 2.60. The van der Waals surface area contributed by atoms with Crippen LogP contribution in [0.5, 0.6) is 0 Å². The molecule has 6 heteroatoms. The SMILES string of the molecule is COC(=O)C(Cl)=CC1C(OC(=O)Cl)C1(C)C. The Morgan fingerprint density at radius 1 is 1.31 bits per heavy atom. The van der Waals surface area contributed by atoms with Crippen molar-refractivity contribution < 1.29 is 19.1 Å². The van der Waals surface area contributed by atoms with Crippen LogP contribution in [0.4, 0.5) is 4.79 Å². The summed E-state index contributed by atoms with van der Waals surface area (Å²) in [6, 6.07) is 0. The van der Waals surface area contributed by atoms with Crippen LogP contribution in [0.15, 0.2) is 11.1 Å². The van der Waals surface area contributed by atoms with Crippen LogP contribution >= 0.6 is 23.2 Å². The number of hydrogen-bond acceptors (Lipinski definition) is 4. The van der Waals surface area contributed by atoms with Crippen molar-refractivity contribution in [2.75, 3.05) is 7.11 Å². The highest BCUT2D eigenvalue weighted by Crippen LogP contribution is 2.55. The molecule has 0 aromatic carbocycles. The van der Waals surface area contributed by atoms with Gasteiger partial charge >= 0.3 is 11.4 Å². The van der Waals surface area contributed by atoms with Crippen LogP contribution in [-0.2, 0) is 14.3 Å². The molecule has 0 heterocycles. The maximum absolute atomic E-state index is 11.1. The number of hydrogen-bond donors (Lipinski definition) is 0. The molecule has 1 aliphatic carbocycles. The van der Waals surface area contributed by atoms with E-state index in [0.717, 1.165) is 0 Å². The van der Waals surface area contributed by atoms with E-state index in [4.69, 9.17) is 27.9 Å². The lowest BCUT2D eigenvalue weighted by Crippen LogP contribution is -2.03. The summed E-state index contributed by atoms with van der Waals surface area (Å²) in [6.45, 7) is 3.78. The zero-order chi connectivity index (χ0) is 12.5. The molecule has 0 radical (unpaired) electrons. The summed E-state index contributed by atoms with van der Waals surface area (Å²) in [7, 11) is 1.24. The highest BCUT2D eigenvalue weighted by atomic mass is 35.5. The molecule has 2 atom stereocenters. The van der Waals surface area contributed by atoms with E-state index in [1.807, 2.05) is 13.8 Å². The Morgan fingerprint density at radius 3 is 2.31 bits per heavy atom. The van der Waals surface area contributed by atoms with Crippen molar-refractivity contribution in [1.82, 2.24) is 0 Å². The second-order valence-corrected chi connectivity index (χ2v) is 4.85. The summed E-state index contributed by atoms with van der Waals surface area (Å²) in [5.41, 5.74) is -1.12.